The van der Waals surface area contributed by atoms with Crippen molar-refractivity contribution in [2.45, 2.75) is 51.2 Å². The van der Waals surface area contributed by atoms with Gasteiger partial charge in [-0.1, -0.05) is 12.1 Å². The number of hydrogen-bond acceptors (Lipinski definition) is 5. The van der Waals surface area contributed by atoms with E-state index in [2.05, 4.69) is 10.1 Å². The lowest BCUT2D eigenvalue weighted by Gasteiger charge is -2.27. The number of nitrogens with one attached hydrogen (secondary N) is 1. The van der Waals surface area contributed by atoms with E-state index in [-0.39, 0.29) is 5.60 Å². The Morgan fingerprint density at radius 2 is 1.83 bits per heavy atom. The van der Waals surface area contributed by atoms with Gasteiger partial charge in [-0.2, -0.15) is 0 Å². The number of aliphatic hydroxyl groups is 1. The van der Waals surface area contributed by atoms with E-state index in [1.54, 1.807) is 7.11 Å². The molecule has 1 unspecified atom stereocenters. The molecular weight excluding hydrogens is 294 g/mol. The average Bonchev–Trinajstić information content (AvgIpc) is 2.72. The van der Waals surface area contributed by atoms with Crippen LogP contribution in [-0.4, -0.2) is 37.4 Å². The van der Waals surface area contributed by atoms with E-state index in [4.69, 9.17) is 4.74 Å². The molecule has 0 spiro atoms. The van der Waals surface area contributed by atoms with Crippen LogP contribution < -0.4 is 10.1 Å². The number of hydrogen-bond donors (Lipinski definition) is 2. The highest BCUT2D eigenvalue weighted by atomic mass is 16.5. The molecule has 2 rings (SSSR count). The van der Waals surface area contributed by atoms with Gasteiger partial charge in [0.05, 0.1) is 12.7 Å². The largest absolute Gasteiger partial charge is 0.497 e. The Kier molecular flexibility index (Phi) is 7.52. The molecule has 23 heavy (non-hydrogen) atoms. The molecule has 5 heteroatoms. The summed E-state index contributed by atoms with van der Waals surface area (Å²) in [4.78, 5) is 9.60. The first-order valence-corrected chi connectivity index (χ1v) is 8.00. The Hall–Kier alpha value is -1.59. The molecule has 130 valence electrons. The number of carbonyl (C=O) groups is 1. The van der Waals surface area contributed by atoms with Gasteiger partial charge in [0.15, 0.2) is 0 Å². The molecule has 1 aliphatic heterocycles. The first-order chi connectivity index (χ1) is 10.8. The van der Waals surface area contributed by atoms with Crippen molar-refractivity contribution in [2.75, 3.05) is 20.2 Å². The number of benzene rings is 1. The first-order valence-electron chi connectivity index (χ1n) is 8.00. The van der Waals surface area contributed by atoms with E-state index in [1.165, 1.54) is 0 Å². The second-order valence-corrected chi connectivity index (χ2v) is 6.69. The summed E-state index contributed by atoms with van der Waals surface area (Å²) in [6.45, 7) is 7.80. The monoisotopic (exact) mass is 323 g/mol. The van der Waals surface area contributed by atoms with Crippen LogP contribution in [0.5, 0.6) is 5.75 Å². The molecule has 1 aromatic carbocycles. The van der Waals surface area contributed by atoms with Crippen LogP contribution in [0.3, 0.4) is 0 Å². The predicted octanol–water partition coefficient (Wildman–Crippen LogP) is 2.61. The normalized spacial score (nSPS) is 21.4. The minimum absolute atomic E-state index is 0.318. The molecule has 0 amide bonds. The van der Waals surface area contributed by atoms with E-state index < -0.39 is 5.60 Å². The van der Waals surface area contributed by atoms with Crippen molar-refractivity contribution in [1.82, 2.24) is 5.32 Å². The second kappa shape index (κ2) is 8.89. The van der Waals surface area contributed by atoms with Gasteiger partial charge in [0, 0.05) is 0 Å². The third-order valence-electron chi connectivity index (χ3n) is 3.69. The van der Waals surface area contributed by atoms with E-state index >= 15 is 0 Å². The van der Waals surface area contributed by atoms with Gasteiger partial charge in [-0.25, -0.2) is 0 Å². The zero-order valence-corrected chi connectivity index (χ0v) is 14.6. The van der Waals surface area contributed by atoms with Gasteiger partial charge < -0.3 is 19.9 Å². The van der Waals surface area contributed by atoms with Crippen LogP contribution in [0.25, 0.3) is 0 Å². The molecule has 5 nitrogen and oxygen atoms in total. The average molecular weight is 323 g/mol. The first kappa shape index (κ1) is 19.5. The van der Waals surface area contributed by atoms with Crippen molar-refractivity contribution in [3.05, 3.63) is 29.8 Å². The lowest BCUT2D eigenvalue weighted by molar-refractivity contribution is -0.138. The summed E-state index contributed by atoms with van der Waals surface area (Å²) in [7, 11) is 1.65. The fourth-order valence-corrected chi connectivity index (χ4v) is 2.39. The second-order valence-electron chi connectivity index (χ2n) is 6.69. The minimum atomic E-state index is -0.671. The van der Waals surface area contributed by atoms with Crippen molar-refractivity contribution < 1.29 is 19.4 Å². The van der Waals surface area contributed by atoms with Crippen LogP contribution in [0.15, 0.2) is 24.3 Å². The fraction of sp³-hybridized carbons (Fsp3) is 0.611. The molecule has 1 aromatic rings. The molecule has 0 saturated carbocycles. The van der Waals surface area contributed by atoms with Crippen LogP contribution in [0.2, 0.25) is 0 Å². The van der Waals surface area contributed by atoms with Gasteiger partial charge in [0.2, 0.25) is 0 Å². The van der Waals surface area contributed by atoms with Crippen molar-refractivity contribution in [3.63, 3.8) is 0 Å². The fourth-order valence-electron chi connectivity index (χ4n) is 2.39. The summed E-state index contributed by atoms with van der Waals surface area (Å²) >= 11 is 0. The van der Waals surface area contributed by atoms with Crippen LogP contribution >= 0.6 is 0 Å². The van der Waals surface area contributed by atoms with Crippen LogP contribution in [-0.2, 0) is 15.1 Å². The summed E-state index contributed by atoms with van der Waals surface area (Å²) < 4.78 is 9.67. The minimum Gasteiger partial charge on any atom is -0.497 e. The van der Waals surface area contributed by atoms with Crippen molar-refractivity contribution in [1.29, 1.82) is 0 Å². The predicted molar refractivity (Wildman–Crippen MR) is 90.5 cm³/mol. The molecule has 1 heterocycles. The van der Waals surface area contributed by atoms with Gasteiger partial charge in [0.1, 0.15) is 11.4 Å². The SMILES string of the molecule is CC(C)(C)OC=O.COc1ccc(C2(O)CCCNCC2)cc1. The highest BCUT2D eigenvalue weighted by Crippen LogP contribution is 2.32. The lowest BCUT2D eigenvalue weighted by atomic mass is 9.87. The maximum Gasteiger partial charge on any atom is 0.293 e. The summed E-state index contributed by atoms with van der Waals surface area (Å²) in [5.74, 6) is 0.832. The molecule has 0 bridgehead atoms. The third kappa shape index (κ3) is 7.01. The highest BCUT2D eigenvalue weighted by Gasteiger charge is 2.29. The smallest absolute Gasteiger partial charge is 0.293 e. The van der Waals surface area contributed by atoms with Crippen LogP contribution in [0.1, 0.15) is 45.6 Å². The summed E-state index contributed by atoms with van der Waals surface area (Å²) in [6.07, 6.45) is 2.62. The maximum atomic E-state index is 10.6. The zero-order chi connectivity index (χ0) is 17.3. The quantitative estimate of drug-likeness (QED) is 0.837. The molecule has 0 radical (unpaired) electrons. The molecule has 2 N–H and O–H groups in total. The van der Waals surface area contributed by atoms with Gasteiger partial charge in [-0.15, -0.1) is 0 Å². The van der Waals surface area contributed by atoms with Gasteiger partial charge in [-0.05, 0) is 70.8 Å². The number of methoxy groups -OCH3 is 1. The molecule has 1 saturated heterocycles. The van der Waals surface area contributed by atoms with Crippen LogP contribution in [0, 0.1) is 0 Å². The highest BCUT2D eigenvalue weighted by molar-refractivity contribution is 5.37. The molecule has 0 aromatic heterocycles. The van der Waals surface area contributed by atoms with E-state index in [9.17, 15) is 9.90 Å². The number of carbonyl (C=O) groups excluding carboxylic acids is 1. The zero-order valence-electron chi connectivity index (χ0n) is 14.6. The lowest BCUT2D eigenvalue weighted by Crippen LogP contribution is -2.27. The Bertz CT molecular complexity index is 457. The van der Waals surface area contributed by atoms with Gasteiger partial charge >= 0.3 is 0 Å². The Morgan fingerprint density at radius 3 is 2.30 bits per heavy atom. The number of ether oxygens (including phenoxy) is 2. The van der Waals surface area contributed by atoms with Crippen molar-refractivity contribution in [3.8, 4) is 5.75 Å². The summed E-state index contributed by atoms with van der Waals surface area (Å²) in [5.41, 5.74) is 0.00865. The molecule has 0 aliphatic carbocycles. The molecule has 1 fully saturated rings. The Balaban J connectivity index is 0.000000322. The van der Waals surface area contributed by atoms with E-state index in [0.29, 0.717) is 6.47 Å². The van der Waals surface area contributed by atoms with Crippen LogP contribution in [0.4, 0.5) is 0 Å². The Morgan fingerprint density at radius 1 is 1.17 bits per heavy atom. The topological polar surface area (TPSA) is 67.8 Å². The summed E-state index contributed by atoms with van der Waals surface area (Å²) in [6, 6.07) is 7.74. The standard InChI is InChI=1S/C13H19NO2.C5H10O2/c1-16-12-5-3-11(4-6-12)13(15)7-2-9-14-10-8-13;1-5(2,3)7-4-6/h3-6,14-15H,2,7-10H2,1H3;4H,1-3H3. The number of rotatable bonds is 3. The summed E-state index contributed by atoms with van der Waals surface area (Å²) in [5, 5.41) is 13.9. The molecule has 1 atom stereocenters. The maximum absolute atomic E-state index is 10.6. The molecular formula is C18H29NO4. The van der Waals surface area contributed by atoms with Gasteiger partial charge in [0.25, 0.3) is 6.47 Å². The Labute approximate surface area is 139 Å². The molecule has 1 aliphatic rings. The van der Waals surface area contributed by atoms with Crippen molar-refractivity contribution >= 4 is 6.47 Å². The van der Waals surface area contributed by atoms with E-state index in [1.807, 2.05) is 45.0 Å². The van der Waals surface area contributed by atoms with E-state index in [0.717, 1.165) is 43.7 Å². The van der Waals surface area contributed by atoms with Crippen molar-refractivity contribution in [2.24, 2.45) is 0 Å². The van der Waals surface area contributed by atoms with Gasteiger partial charge in [-0.3, -0.25) is 4.79 Å². The third-order valence-corrected chi connectivity index (χ3v) is 3.69.